The minimum Gasteiger partial charge on any atom is -0.469 e. The number of sulfonamides is 1. The van der Waals surface area contributed by atoms with Gasteiger partial charge in [0.2, 0.25) is 10.0 Å². The second kappa shape index (κ2) is 5.14. The van der Waals surface area contributed by atoms with E-state index in [1.807, 2.05) is 0 Å². The van der Waals surface area contributed by atoms with Crippen LogP contribution in [0.2, 0.25) is 0 Å². The van der Waals surface area contributed by atoms with Crippen LogP contribution in [0.1, 0.15) is 19.3 Å². The molecule has 0 aromatic carbocycles. The van der Waals surface area contributed by atoms with E-state index in [0.717, 1.165) is 12.8 Å². The van der Waals surface area contributed by atoms with Gasteiger partial charge in [-0.2, -0.15) is 0 Å². The first kappa shape index (κ1) is 13.8. The van der Waals surface area contributed by atoms with E-state index < -0.39 is 16.0 Å². The maximum Gasteiger partial charge on any atom is 0.306 e. The Hall–Kier alpha value is -0.660. The molecule has 2 aliphatic rings. The van der Waals surface area contributed by atoms with Crippen LogP contribution in [0.25, 0.3) is 0 Å². The molecule has 0 amide bonds. The monoisotopic (exact) mass is 277 g/mol. The fourth-order valence-corrected chi connectivity index (χ4v) is 4.37. The van der Waals surface area contributed by atoms with E-state index in [1.54, 1.807) is 0 Å². The van der Waals surface area contributed by atoms with Crippen molar-refractivity contribution in [2.45, 2.75) is 25.4 Å². The van der Waals surface area contributed by atoms with Crippen molar-refractivity contribution in [2.24, 2.45) is 11.8 Å². The summed E-state index contributed by atoms with van der Waals surface area (Å²) in [6.07, 6.45) is 1.16. The van der Waals surface area contributed by atoms with Crippen LogP contribution < -0.4 is 0 Å². The fraction of sp³-hybridized carbons (Fsp3) is 0.909. The fourth-order valence-electron chi connectivity index (χ4n) is 2.87. The lowest BCUT2D eigenvalue weighted by molar-refractivity contribution is -0.140. The Labute approximate surface area is 107 Å². The Bertz CT molecular complexity index is 421. The standard InChI is InChI=1S/C11H19NO5S/c1-17-11(14)4-5-18(15,16)12-6-8-2-3-10(13)9(8)7-12/h8-10,13H,2-7H2,1H3. The van der Waals surface area contributed by atoms with Crippen molar-refractivity contribution in [1.29, 1.82) is 0 Å². The molecule has 18 heavy (non-hydrogen) atoms. The quantitative estimate of drug-likeness (QED) is 0.706. The molecule has 1 aliphatic carbocycles. The molecule has 0 aromatic rings. The van der Waals surface area contributed by atoms with Crippen molar-refractivity contribution in [3.63, 3.8) is 0 Å². The van der Waals surface area contributed by atoms with Crippen molar-refractivity contribution in [3.8, 4) is 0 Å². The van der Waals surface area contributed by atoms with Crippen LogP contribution in [-0.2, 0) is 19.6 Å². The lowest BCUT2D eigenvalue weighted by Crippen LogP contribution is -2.33. The Morgan fingerprint density at radius 3 is 2.72 bits per heavy atom. The highest BCUT2D eigenvalue weighted by Crippen LogP contribution is 2.39. The second-order valence-corrected chi connectivity index (χ2v) is 7.12. The average molecular weight is 277 g/mol. The van der Waals surface area contributed by atoms with Gasteiger partial charge in [0.05, 0.1) is 25.4 Å². The third-order valence-electron chi connectivity index (χ3n) is 3.97. The van der Waals surface area contributed by atoms with Gasteiger partial charge in [-0.25, -0.2) is 12.7 Å². The normalized spacial score (nSPS) is 32.4. The number of aliphatic hydroxyl groups is 1. The minimum absolute atomic E-state index is 0.0675. The number of fused-ring (bicyclic) bond motifs is 1. The van der Waals surface area contributed by atoms with Gasteiger partial charge in [-0.15, -0.1) is 0 Å². The van der Waals surface area contributed by atoms with E-state index in [1.165, 1.54) is 11.4 Å². The molecule has 6 nitrogen and oxygen atoms in total. The topological polar surface area (TPSA) is 83.9 Å². The number of hydrogen-bond acceptors (Lipinski definition) is 5. The Morgan fingerprint density at radius 2 is 2.11 bits per heavy atom. The SMILES string of the molecule is COC(=O)CCS(=O)(=O)N1CC2CCC(O)C2C1. The summed E-state index contributed by atoms with van der Waals surface area (Å²) >= 11 is 0. The van der Waals surface area contributed by atoms with Crippen LogP contribution >= 0.6 is 0 Å². The van der Waals surface area contributed by atoms with Crippen LogP contribution in [0.4, 0.5) is 0 Å². The van der Waals surface area contributed by atoms with Gasteiger partial charge in [0.15, 0.2) is 0 Å². The van der Waals surface area contributed by atoms with Crippen molar-refractivity contribution in [1.82, 2.24) is 4.31 Å². The molecule has 0 radical (unpaired) electrons. The van der Waals surface area contributed by atoms with Crippen LogP contribution in [0.5, 0.6) is 0 Å². The Morgan fingerprint density at radius 1 is 1.39 bits per heavy atom. The average Bonchev–Trinajstić information content (AvgIpc) is 2.89. The zero-order valence-electron chi connectivity index (χ0n) is 10.4. The molecule has 1 heterocycles. The predicted octanol–water partition coefficient (Wildman–Crippen LogP) is -0.418. The molecule has 1 aliphatic heterocycles. The van der Waals surface area contributed by atoms with E-state index in [-0.39, 0.29) is 30.1 Å². The molecule has 1 saturated heterocycles. The molecular formula is C11H19NO5S. The van der Waals surface area contributed by atoms with Crippen LogP contribution in [0.3, 0.4) is 0 Å². The van der Waals surface area contributed by atoms with Crippen LogP contribution in [0, 0.1) is 11.8 Å². The highest BCUT2D eigenvalue weighted by molar-refractivity contribution is 7.89. The van der Waals surface area contributed by atoms with E-state index >= 15 is 0 Å². The summed E-state index contributed by atoms with van der Waals surface area (Å²) in [5, 5.41) is 9.74. The Kier molecular flexibility index (Phi) is 3.93. The third kappa shape index (κ3) is 2.67. The van der Waals surface area contributed by atoms with Gasteiger partial charge in [0.25, 0.3) is 0 Å². The smallest absolute Gasteiger partial charge is 0.306 e. The highest BCUT2D eigenvalue weighted by atomic mass is 32.2. The van der Waals surface area contributed by atoms with Crippen molar-refractivity contribution in [3.05, 3.63) is 0 Å². The maximum atomic E-state index is 12.0. The molecule has 2 rings (SSSR count). The first-order chi connectivity index (χ1) is 8.44. The van der Waals surface area contributed by atoms with Gasteiger partial charge >= 0.3 is 5.97 Å². The van der Waals surface area contributed by atoms with Gasteiger partial charge in [-0.05, 0) is 18.8 Å². The van der Waals surface area contributed by atoms with E-state index in [2.05, 4.69) is 4.74 Å². The molecule has 3 unspecified atom stereocenters. The molecule has 1 N–H and O–H groups in total. The number of nitrogens with zero attached hydrogens (tertiary/aromatic N) is 1. The van der Waals surface area contributed by atoms with Gasteiger partial charge in [0, 0.05) is 19.0 Å². The van der Waals surface area contributed by atoms with Gasteiger partial charge in [-0.3, -0.25) is 4.79 Å². The van der Waals surface area contributed by atoms with E-state index in [0.29, 0.717) is 13.1 Å². The number of carbonyl (C=O) groups excluding carboxylic acids is 1. The maximum absolute atomic E-state index is 12.0. The van der Waals surface area contributed by atoms with Crippen molar-refractivity contribution < 1.29 is 23.1 Å². The van der Waals surface area contributed by atoms with Crippen LogP contribution in [0.15, 0.2) is 0 Å². The van der Waals surface area contributed by atoms with Crippen molar-refractivity contribution in [2.75, 3.05) is 26.0 Å². The molecular weight excluding hydrogens is 258 g/mol. The summed E-state index contributed by atoms with van der Waals surface area (Å²) in [7, 11) is -2.17. The molecule has 1 saturated carbocycles. The predicted molar refractivity (Wildman–Crippen MR) is 64.2 cm³/mol. The lowest BCUT2D eigenvalue weighted by atomic mass is 10.00. The molecule has 0 aromatic heterocycles. The summed E-state index contributed by atoms with van der Waals surface area (Å²) in [6.45, 7) is 0.862. The number of hydrogen-bond donors (Lipinski definition) is 1. The number of ether oxygens (including phenoxy) is 1. The number of rotatable bonds is 4. The van der Waals surface area contributed by atoms with Crippen molar-refractivity contribution >= 4 is 16.0 Å². The second-order valence-electron chi connectivity index (χ2n) is 5.03. The largest absolute Gasteiger partial charge is 0.469 e. The third-order valence-corrected chi connectivity index (χ3v) is 5.78. The number of aliphatic hydroxyl groups excluding tert-OH is 1. The summed E-state index contributed by atoms with van der Waals surface area (Å²) in [5.74, 6) is -0.390. The van der Waals surface area contributed by atoms with Gasteiger partial charge in [0.1, 0.15) is 0 Å². The van der Waals surface area contributed by atoms with E-state index in [4.69, 9.17) is 0 Å². The summed E-state index contributed by atoms with van der Waals surface area (Å²) in [6, 6.07) is 0. The zero-order chi connectivity index (χ0) is 13.3. The van der Waals surface area contributed by atoms with Gasteiger partial charge in [-0.1, -0.05) is 0 Å². The number of methoxy groups -OCH3 is 1. The molecule has 0 bridgehead atoms. The minimum atomic E-state index is -3.41. The lowest BCUT2D eigenvalue weighted by Gasteiger charge is -2.17. The summed E-state index contributed by atoms with van der Waals surface area (Å²) in [5.41, 5.74) is 0. The number of carbonyl (C=O) groups is 1. The molecule has 104 valence electrons. The molecule has 3 atom stereocenters. The first-order valence-corrected chi connectivity index (χ1v) is 7.77. The molecule has 7 heteroatoms. The first-order valence-electron chi connectivity index (χ1n) is 6.16. The molecule has 0 spiro atoms. The highest BCUT2D eigenvalue weighted by Gasteiger charge is 2.45. The van der Waals surface area contributed by atoms with Gasteiger partial charge < -0.3 is 9.84 Å². The summed E-state index contributed by atoms with van der Waals surface area (Å²) in [4.78, 5) is 11.0. The zero-order valence-corrected chi connectivity index (χ0v) is 11.2. The molecule has 2 fully saturated rings. The van der Waals surface area contributed by atoms with E-state index in [9.17, 15) is 18.3 Å². The Balaban J connectivity index is 1.94. The van der Waals surface area contributed by atoms with Crippen LogP contribution in [-0.4, -0.2) is 55.9 Å². The summed E-state index contributed by atoms with van der Waals surface area (Å²) < 4.78 is 29.9. The number of esters is 1.